The summed E-state index contributed by atoms with van der Waals surface area (Å²) < 4.78 is 2.15. The highest BCUT2D eigenvalue weighted by molar-refractivity contribution is 5.78. The van der Waals surface area contributed by atoms with Crippen molar-refractivity contribution in [3.8, 4) is 0 Å². The lowest BCUT2D eigenvalue weighted by Gasteiger charge is -2.14. The van der Waals surface area contributed by atoms with Gasteiger partial charge in [0.15, 0.2) is 0 Å². The molecule has 114 valence electrons. The summed E-state index contributed by atoms with van der Waals surface area (Å²) in [5, 5.41) is 10.8. The Labute approximate surface area is 131 Å². The SMILES string of the molecule is CCCn1c(C(O)c2ccccc2)nc2cc(C)c(C)cc21. The summed E-state index contributed by atoms with van der Waals surface area (Å²) in [4.78, 5) is 4.72. The Morgan fingerprint density at radius 2 is 1.77 bits per heavy atom. The van der Waals surface area contributed by atoms with E-state index in [-0.39, 0.29) is 0 Å². The van der Waals surface area contributed by atoms with Crippen LogP contribution in [0.4, 0.5) is 0 Å². The second-order valence-electron chi connectivity index (χ2n) is 5.86. The first-order valence-corrected chi connectivity index (χ1v) is 7.82. The van der Waals surface area contributed by atoms with Gasteiger partial charge in [0.25, 0.3) is 0 Å². The minimum absolute atomic E-state index is 0.694. The van der Waals surface area contributed by atoms with Crippen LogP contribution in [0.3, 0.4) is 0 Å². The van der Waals surface area contributed by atoms with Gasteiger partial charge >= 0.3 is 0 Å². The van der Waals surface area contributed by atoms with E-state index in [1.165, 1.54) is 11.1 Å². The normalized spacial score (nSPS) is 12.7. The Bertz CT molecular complexity index is 790. The van der Waals surface area contributed by atoms with Crippen LogP contribution in [-0.4, -0.2) is 14.7 Å². The molecule has 0 saturated carbocycles. The molecule has 1 atom stereocenters. The maximum Gasteiger partial charge on any atom is 0.143 e. The molecule has 0 bridgehead atoms. The second kappa shape index (κ2) is 5.93. The lowest BCUT2D eigenvalue weighted by Crippen LogP contribution is -2.10. The first-order chi connectivity index (χ1) is 10.6. The van der Waals surface area contributed by atoms with Gasteiger partial charge in [0.1, 0.15) is 11.9 Å². The van der Waals surface area contributed by atoms with Crippen molar-refractivity contribution in [2.24, 2.45) is 0 Å². The van der Waals surface area contributed by atoms with Crippen molar-refractivity contribution in [3.05, 3.63) is 65.0 Å². The summed E-state index contributed by atoms with van der Waals surface area (Å²) in [5.74, 6) is 0.730. The Kier molecular flexibility index (Phi) is 3.99. The van der Waals surface area contributed by atoms with Crippen LogP contribution < -0.4 is 0 Å². The predicted molar refractivity (Wildman–Crippen MR) is 90.0 cm³/mol. The lowest BCUT2D eigenvalue weighted by molar-refractivity contribution is 0.205. The number of imidazole rings is 1. The van der Waals surface area contributed by atoms with Crippen molar-refractivity contribution >= 4 is 11.0 Å². The van der Waals surface area contributed by atoms with Crippen molar-refractivity contribution < 1.29 is 5.11 Å². The number of benzene rings is 2. The molecule has 1 unspecified atom stereocenters. The minimum atomic E-state index is -0.694. The van der Waals surface area contributed by atoms with Crippen LogP contribution in [0, 0.1) is 13.8 Å². The van der Waals surface area contributed by atoms with Gasteiger partial charge in [-0.2, -0.15) is 0 Å². The molecule has 0 aliphatic carbocycles. The standard InChI is InChI=1S/C19H22N2O/c1-4-10-21-17-12-14(3)13(2)11-16(17)20-19(21)18(22)15-8-6-5-7-9-15/h5-9,11-12,18,22H,4,10H2,1-3H3. The summed E-state index contributed by atoms with van der Waals surface area (Å²) in [6.07, 6.45) is 0.313. The number of aliphatic hydroxyl groups is 1. The Balaban J connectivity index is 2.18. The van der Waals surface area contributed by atoms with Gasteiger partial charge in [-0.25, -0.2) is 4.98 Å². The summed E-state index contributed by atoms with van der Waals surface area (Å²) in [6, 6.07) is 14.0. The molecule has 3 nitrogen and oxygen atoms in total. The van der Waals surface area contributed by atoms with Crippen LogP contribution in [0.1, 0.15) is 42.0 Å². The molecule has 3 heteroatoms. The molecule has 0 saturated heterocycles. The number of rotatable bonds is 4. The topological polar surface area (TPSA) is 38.0 Å². The summed E-state index contributed by atoms with van der Waals surface area (Å²) in [5.41, 5.74) is 5.43. The third kappa shape index (κ3) is 2.53. The number of fused-ring (bicyclic) bond motifs is 1. The Morgan fingerprint density at radius 1 is 1.09 bits per heavy atom. The van der Waals surface area contributed by atoms with E-state index in [9.17, 15) is 5.11 Å². The quantitative estimate of drug-likeness (QED) is 0.785. The molecule has 3 aromatic rings. The smallest absolute Gasteiger partial charge is 0.143 e. The zero-order valence-electron chi connectivity index (χ0n) is 13.4. The highest BCUT2D eigenvalue weighted by Gasteiger charge is 2.19. The van der Waals surface area contributed by atoms with E-state index < -0.39 is 6.10 Å². The number of aromatic nitrogens is 2. The van der Waals surface area contributed by atoms with E-state index in [1.807, 2.05) is 30.3 Å². The Hall–Kier alpha value is -2.13. The maximum atomic E-state index is 10.8. The van der Waals surface area contributed by atoms with E-state index in [2.05, 4.69) is 37.5 Å². The van der Waals surface area contributed by atoms with E-state index in [1.54, 1.807) is 0 Å². The Morgan fingerprint density at radius 3 is 2.45 bits per heavy atom. The summed E-state index contributed by atoms with van der Waals surface area (Å²) in [6.45, 7) is 7.22. The fraction of sp³-hybridized carbons (Fsp3) is 0.316. The van der Waals surface area contributed by atoms with Gasteiger partial charge in [0.2, 0.25) is 0 Å². The first-order valence-electron chi connectivity index (χ1n) is 7.82. The number of aryl methyl sites for hydroxylation is 3. The fourth-order valence-electron chi connectivity index (χ4n) is 2.85. The zero-order chi connectivity index (χ0) is 15.7. The van der Waals surface area contributed by atoms with Crippen LogP contribution in [0.25, 0.3) is 11.0 Å². The monoisotopic (exact) mass is 294 g/mol. The van der Waals surface area contributed by atoms with Crippen molar-refractivity contribution in [1.82, 2.24) is 9.55 Å². The van der Waals surface area contributed by atoms with E-state index in [4.69, 9.17) is 4.98 Å². The zero-order valence-corrected chi connectivity index (χ0v) is 13.4. The average molecular weight is 294 g/mol. The highest BCUT2D eigenvalue weighted by atomic mass is 16.3. The second-order valence-corrected chi connectivity index (χ2v) is 5.86. The van der Waals surface area contributed by atoms with E-state index in [0.717, 1.165) is 35.4 Å². The number of nitrogens with zero attached hydrogens (tertiary/aromatic N) is 2. The first kappa shape index (κ1) is 14.8. The molecule has 2 aromatic carbocycles. The average Bonchev–Trinajstić information content (AvgIpc) is 2.86. The molecular weight excluding hydrogens is 272 g/mol. The van der Waals surface area contributed by atoms with Gasteiger partial charge in [-0.3, -0.25) is 0 Å². The van der Waals surface area contributed by atoms with Crippen molar-refractivity contribution in [3.63, 3.8) is 0 Å². The molecule has 3 rings (SSSR count). The third-order valence-electron chi connectivity index (χ3n) is 4.20. The molecule has 0 spiro atoms. The molecule has 22 heavy (non-hydrogen) atoms. The largest absolute Gasteiger partial charge is 0.380 e. The molecule has 1 heterocycles. The molecule has 1 N–H and O–H groups in total. The fourth-order valence-corrected chi connectivity index (χ4v) is 2.85. The lowest BCUT2D eigenvalue weighted by atomic mass is 10.1. The van der Waals surface area contributed by atoms with Crippen LogP contribution in [0.5, 0.6) is 0 Å². The molecule has 0 fully saturated rings. The molecule has 0 amide bonds. The number of hydrogen-bond donors (Lipinski definition) is 1. The van der Waals surface area contributed by atoms with Gasteiger partial charge in [-0.1, -0.05) is 37.3 Å². The van der Waals surface area contributed by atoms with Gasteiger partial charge in [-0.15, -0.1) is 0 Å². The minimum Gasteiger partial charge on any atom is -0.380 e. The van der Waals surface area contributed by atoms with Gasteiger partial charge in [-0.05, 0) is 49.1 Å². The van der Waals surface area contributed by atoms with Gasteiger partial charge in [0, 0.05) is 6.54 Å². The summed E-state index contributed by atoms with van der Waals surface area (Å²) >= 11 is 0. The van der Waals surface area contributed by atoms with Crippen molar-refractivity contribution in [2.75, 3.05) is 0 Å². The maximum absolute atomic E-state index is 10.8. The molecule has 0 aliphatic rings. The number of hydrogen-bond acceptors (Lipinski definition) is 2. The van der Waals surface area contributed by atoms with Crippen molar-refractivity contribution in [1.29, 1.82) is 0 Å². The molecule has 1 aromatic heterocycles. The van der Waals surface area contributed by atoms with Crippen LogP contribution >= 0.6 is 0 Å². The highest BCUT2D eigenvalue weighted by Crippen LogP contribution is 2.27. The van der Waals surface area contributed by atoms with Gasteiger partial charge < -0.3 is 9.67 Å². The van der Waals surface area contributed by atoms with Crippen LogP contribution in [-0.2, 0) is 6.54 Å². The molecule has 0 aliphatic heterocycles. The summed E-state index contributed by atoms with van der Waals surface area (Å²) in [7, 11) is 0. The molecular formula is C19H22N2O. The van der Waals surface area contributed by atoms with E-state index in [0.29, 0.717) is 0 Å². The van der Waals surface area contributed by atoms with E-state index >= 15 is 0 Å². The predicted octanol–water partition coefficient (Wildman–Crippen LogP) is 4.14. The number of aliphatic hydroxyl groups excluding tert-OH is 1. The molecule has 0 radical (unpaired) electrons. The van der Waals surface area contributed by atoms with Crippen LogP contribution in [0.15, 0.2) is 42.5 Å². The van der Waals surface area contributed by atoms with Crippen molar-refractivity contribution in [2.45, 2.75) is 39.8 Å². The third-order valence-corrected chi connectivity index (χ3v) is 4.20. The van der Waals surface area contributed by atoms with Crippen LogP contribution in [0.2, 0.25) is 0 Å². The van der Waals surface area contributed by atoms with Gasteiger partial charge in [0.05, 0.1) is 11.0 Å².